The summed E-state index contributed by atoms with van der Waals surface area (Å²) in [5.41, 5.74) is 2.71. The lowest BCUT2D eigenvalue weighted by atomic mass is 10.1. The molecular weight excluding hydrogens is 426 g/mol. The van der Waals surface area contributed by atoms with Crippen molar-refractivity contribution in [3.05, 3.63) is 95.6 Å². The molecule has 1 N–H and O–H groups in total. The largest absolute Gasteiger partial charge is 0.489 e. The van der Waals surface area contributed by atoms with Gasteiger partial charge in [0.2, 0.25) is 0 Å². The van der Waals surface area contributed by atoms with Gasteiger partial charge in [0.25, 0.3) is 5.91 Å². The number of benzene rings is 3. The predicted octanol–water partition coefficient (Wildman–Crippen LogP) is 4.33. The van der Waals surface area contributed by atoms with Crippen LogP contribution in [0.2, 0.25) is 0 Å². The molecule has 0 aliphatic heterocycles. The van der Waals surface area contributed by atoms with Gasteiger partial charge in [-0.2, -0.15) is 0 Å². The third-order valence-electron chi connectivity index (χ3n) is 4.56. The van der Waals surface area contributed by atoms with Crippen LogP contribution in [0, 0.1) is 0 Å². The minimum absolute atomic E-state index is 0.313. The van der Waals surface area contributed by atoms with Crippen molar-refractivity contribution in [2.24, 2.45) is 0 Å². The van der Waals surface area contributed by atoms with Crippen LogP contribution in [0.5, 0.6) is 5.75 Å². The molecule has 3 aromatic carbocycles. The molecule has 0 aliphatic rings. The number of carbonyl (C=O) groups is 2. The molecule has 2 atom stereocenters. The van der Waals surface area contributed by atoms with Gasteiger partial charge in [-0.1, -0.05) is 42.5 Å². The van der Waals surface area contributed by atoms with Gasteiger partial charge in [-0.25, -0.2) is 4.79 Å². The van der Waals surface area contributed by atoms with Crippen molar-refractivity contribution in [2.75, 3.05) is 11.6 Å². The minimum Gasteiger partial charge on any atom is -0.489 e. The van der Waals surface area contributed by atoms with Gasteiger partial charge >= 0.3 is 5.97 Å². The van der Waals surface area contributed by atoms with Crippen LogP contribution in [0.15, 0.2) is 78.9 Å². The third-order valence-corrected chi connectivity index (χ3v) is 5.30. The molecule has 0 saturated heterocycles. The lowest BCUT2D eigenvalue weighted by Crippen LogP contribution is -2.30. The molecule has 0 aromatic heterocycles. The van der Waals surface area contributed by atoms with E-state index in [4.69, 9.17) is 9.47 Å². The van der Waals surface area contributed by atoms with E-state index < -0.39 is 28.8 Å². The summed E-state index contributed by atoms with van der Waals surface area (Å²) in [6.07, 6.45) is 0.611. The van der Waals surface area contributed by atoms with Crippen molar-refractivity contribution in [1.82, 2.24) is 0 Å². The topological polar surface area (TPSA) is 81.7 Å². The average molecular weight is 452 g/mol. The number of rotatable bonds is 9. The molecule has 2 unspecified atom stereocenters. The Kier molecular flexibility index (Phi) is 8.16. The fraction of sp³-hybridized carbons (Fsp3) is 0.200. The lowest BCUT2D eigenvalue weighted by Gasteiger charge is -2.14. The van der Waals surface area contributed by atoms with Gasteiger partial charge in [0.1, 0.15) is 12.4 Å². The van der Waals surface area contributed by atoms with Crippen LogP contribution in [-0.2, 0) is 32.7 Å². The van der Waals surface area contributed by atoms with Crippen LogP contribution < -0.4 is 10.1 Å². The maximum Gasteiger partial charge on any atom is 0.338 e. The van der Waals surface area contributed by atoms with Gasteiger partial charge in [-0.05, 0) is 54.4 Å². The first kappa shape index (κ1) is 23.2. The zero-order valence-electron chi connectivity index (χ0n) is 17.9. The Morgan fingerprint density at radius 3 is 2.31 bits per heavy atom. The first-order valence-corrected chi connectivity index (χ1v) is 11.8. The van der Waals surface area contributed by atoms with E-state index in [-0.39, 0.29) is 0 Å². The number of ether oxygens (including phenoxy) is 2. The Balaban J connectivity index is 1.51. The van der Waals surface area contributed by atoms with Gasteiger partial charge in [0, 0.05) is 28.5 Å². The maximum atomic E-state index is 12.4. The Morgan fingerprint density at radius 2 is 1.62 bits per heavy atom. The normalized spacial score (nSPS) is 12.4. The summed E-state index contributed by atoms with van der Waals surface area (Å²) in [7, 11) is -1.02. The van der Waals surface area contributed by atoms with Gasteiger partial charge < -0.3 is 14.8 Å². The highest BCUT2D eigenvalue weighted by Gasteiger charge is 2.19. The van der Waals surface area contributed by atoms with Crippen LogP contribution >= 0.6 is 0 Å². The van der Waals surface area contributed by atoms with E-state index in [1.807, 2.05) is 30.3 Å². The summed E-state index contributed by atoms with van der Waals surface area (Å²) in [6.45, 7) is 1.96. The molecule has 0 aliphatic carbocycles. The molecular formula is C25H25NO5S. The predicted molar refractivity (Wildman–Crippen MR) is 125 cm³/mol. The molecule has 7 heteroatoms. The fourth-order valence-corrected chi connectivity index (χ4v) is 3.57. The molecule has 0 spiro atoms. The van der Waals surface area contributed by atoms with Gasteiger partial charge in [0.05, 0.1) is 5.56 Å². The standard InChI is InChI=1S/C25H25NO5S/c1-18(31-25(28)21-10-6-9-20(15-21)17-32(2)29)24(27)26-22-11-13-23(14-12-22)30-16-19-7-4-3-5-8-19/h3-15,18H,16-17H2,1-2H3,(H,26,27). The lowest BCUT2D eigenvalue weighted by molar-refractivity contribution is -0.123. The molecule has 0 radical (unpaired) electrons. The monoisotopic (exact) mass is 451 g/mol. The van der Waals surface area contributed by atoms with E-state index >= 15 is 0 Å². The number of esters is 1. The van der Waals surface area contributed by atoms with E-state index in [2.05, 4.69) is 5.32 Å². The second-order valence-corrected chi connectivity index (χ2v) is 8.69. The zero-order valence-corrected chi connectivity index (χ0v) is 18.8. The summed E-state index contributed by atoms with van der Waals surface area (Å²) >= 11 is 0. The summed E-state index contributed by atoms with van der Waals surface area (Å²) in [5.74, 6) is -0.0234. The Morgan fingerprint density at radius 1 is 0.938 bits per heavy atom. The van der Waals surface area contributed by atoms with Crippen molar-refractivity contribution in [1.29, 1.82) is 0 Å². The smallest absolute Gasteiger partial charge is 0.338 e. The minimum atomic E-state index is -1.02. The number of anilines is 1. The molecule has 1 amide bonds. The van der Waals surface area contributed by atoms with Gasteiger partial charge in [-0.15, -0.1) is 0 Å². The summed E-state index contributed by atoms with van der Waals surface area (Å²) in [4.78, 5) is 24.8. The summed E-state index contributed by atoms with van der Waals surface area (Å²) < 4.78 is 22.4. The molecule has 0 fully saturated rings. The van der Waals surface area contributed by atoms with E-state index in [0.29, 0.717) is 29.4 Å². The maximum absolute atomic E-state index is 12.4. The van der Waals surface area contributed by atoms with Crippen LogP contribution in [-0.4, -0.2) is 28.4 Å². The van der Waals surface area contributed by atoms with Crippen molar-refractivity contribution < 1.29 is 23.3 Å². The van der Waals surface area contributed by atoms with Crippen LogP contribution in [0.4, 0.5) is 5.69 Å². The third kappa shape index (κ3) is 7.06. The number of amides is 1. The highest BCUT2D eigenvalue weighted by atomic mass is 32.2. The Labute approximate surface area is 190 Å². The molecule has 0 heterocycles. The molecule has 3 aromatic rings. The second-order valence-electron chi connectivity index (χ2n) is 7.25. The highest BCUT2D eigenvalue weighted by Crippen LogP contribution is 2.18. The van der Waals surface area contributed by atoms with Crippen molar-refractivity contribution in [2.45, 2.75) is 25.4 Å². The SMILES string of the molecule is CC(OC(=O)c1cccc(CS(C)=O)c1)C(=O)Nc1ccc(OCc2ccccc2)cc1. The molecule has 0 saturated carbocycles. The van der Waals surface area contributed by atoms with Crippen LogP contribution in [0.25, 0.3) is 0 Å². The summed E-state index contributed by atoms with van der Waals surface area (Å²) in [6, 6.07) is 23.5. The van der Waals surface area contributed by atoms with Crippen molar-refractivity contribution in [3.8, 4) is 5.75 Å². The number of hydrogen-bond donors (Lipinski definition) is 1. The Hall–Kier alpha value is -3.45. The van der Waals surface area contributed by atoms with E-state index in [1.54, 1.807) is 54.8 Å². The average Bonchev–Trinajstić information content (AvgIpc) is 2.79. The highest BCUT2D eigenvalue weighted by molar-refractivity contribution is 7.83. The quantitative estimate of drug-likeness (QED) is 0.490. The number of carbonyl (C=O) groups excluding carboxylic acids is 2. The van der Waals surface area contributed by atoms with Crippen LogP contribution in [0.1, 0.15) is 28.4 Å². The zero-order chi connectivity index (χ0) is 22.9. The molecule has 0 bridgehead atoms. The van der Waals surface area contributed by atoms with Gasteiger partial charge in [-0.3, -0.25) is 9.00 Å². The van der Waals surface area contributed by atoms with E-state index in [1.165, 1.54) is 6.92 Å². The molecule has 166 valence electrons. The first-order chi connectivity index (χ1) is 15.4. The van der Waals surface area contributed by atoms with Crippen molar-refractivity contribution >= 4 is 28.4 Å². The first-order valence-electron chi connectivity index (χ1n) is 10.1. The number of hydrogen-bond acceptors (Lipinski definition) is 5. The Bertz CT molecular complexity index is 1080. The van der Waals surface area contributed by atoms with Gasteiger partial charge in [0.15, 0.2) is 6.10 Å². The van der Waals surface area contributed by atoms with Crippen molar-refractivity contribution in [3.63, 3.8) is 0 Å². The second kappa shape index (κ2) is 11.2. The molecule has 6 nitrogen and oxygen atoms in total. The van der Waals surface area contributed by atoms with E-state index in [0.717, 1.165) is 11.1 Å². The van der Waals surface area contributed by atoms with Crippen LogP contribution in [0.3, 0.4) is 0 Å². The summed E-state index contributed by atoms with van der Waals surface area (Å²) in [5, 5.41) is 2.73. The molecule has 32 heavy (non-hydrogen) atoms. The number of nitrogens with one attached hydrogen (secondary N) is 1. The molecule has 3 rings (SSSR count). The van der Waals surface area contributed by atoms with E-state index in [9.17, 15) is 13.8 Å². The fourth-order valence-electron chi connectivity index (χ4n) is 2.92.